The van der Waals surface area contributed by atoms with Crippen molar-refractivity contribution in [3.05, 3.63) is 36.0 Å². The number of anilines is 2. The standard InChI is InChI=1S/C21H26F3N3O2/c1-2-3-13-28-19-18(21(22,23)24)14-25-20(27-19)26-15-9-11-17(12-10-15)29-16-7-5-4-6-8-16/h9-12,14,16H,2-8,13H2,1H3,(H,25,26,27). The van der Waals surface area contributed by atoms with E-state index in [1.54, 1.807) is 12.1 Å². The Hall–Kier alpha value is -2.51. The van der Waals surface area contributed by atoms with Gasteiger partial charge in [-0.2, -0.15) is 18.2 Å². The van der Waals surface area contributed by atoms with Crippen molar-refractivity contribution in [2.24, 2.45) is 0 Å². The third-order valence-corrected chi connectivity index (χ3v) is 4.76. The number of unbranched alkanes of at least 4 members (excludes halogenated alkanes) is 1. The molecule has 1 saturated carbocycles. The van der Waals surface area contributed by atoms with Crippen LogP contribution in [0.4, 0.5) is 24.8 Å². The Bertz CT molecular complexity index is 776. The van der Waals surface area contributed by atoms with Crippen LogP contribution >= 0.6 is 0 Å². The van der Waals surface area contributed by atoms with Gasteiger partial charge in [-0.05, 0) is 56.4 Å². The van der Waals surface area contributed by atoms with Gasteiger partial charge < -0.3 is 14.8 Å². The number of nitrogens with zero attached hydrogens (tertiary/aromatic N) is 2. The molecule has 0 saturated heterocycles. The molecule has 5 nitrogen and oxygen atoms in total. The Morgan fingerprint density at radius 1 is 1.10 bits per heavy atom. The normalized spacial score (nSPS) is 15.2. The van der Waals surface area contributed by atoms with Crippen LogP contribution in [0.1, 0.15) is 57.4 Å². The van der Waals surface area contributed by atoms with Crippen molar-refractivity contribution >= 4 is 11.6 Å². The lowest BCUT2D eigenvalue weighted by atomic mass is 9.98. The molecule has 1 aliphatic rings. The van der Waals surface area contributed by atoms with Gasteiger partial charge >= 0.3 is 6.18 Å². The molecule has 2 aromatic rings. The lowest BCUT2D eigenvalue weighted by Gasteiger charge is -2.23. The van der Waals surface area contributed by atoms with Gasteiger partial charge in [0.2, 0.25) is 11.8 Å². The predicted molar refractivity (Wildman–Crippen MR) is 105 cm³/mol. The molecule has 0 spiro atoms. The Morgan fingerprint density at radius 3 is 2.48 bits per heavy atom. The molecule has 1 aromatic carbocycles. The topological polar surface area (TPSA) is 56.3 Å². The van der Waals surface area contributed by atoms with Crippen LogP contribution < -0.4 is 14.8 Å². The van der Waals surface area contributed by atoms with Crippen LogP contribution in [0.5, 0.6) is 11.6 Å². The molecule has 0 radical (unpaired) electrons. The maximum atomic E-state index is 13.2. The van der Waals surface area contributed by atoms with E-state index in [-0.39, 0.29) is 18.7 Å². The summed E-state index contributed by atoms with van der Waals surface area (Å²) >= 11 is 0. The summed E-state index contributed by atoms with van der Waals surface area (Å²) < 4.78 is 50.7. The second-order valence-corrected chi connectivity index (χ2v) is 7.14. The summed E-state index contributed by atoms with van der Waals surface area (Å²) in [7, 11) is 0. The Morgan fingerprint density at radius 2 is 1.83 bits per heavy atom. The van der Waals surface area contributed by atoms with Gasteiger partial charge in [0.1, 0.15) is 11.3 Å². The van der Waals surface area contributed by atoms with Gasteiger partial charge in [-0.3, -0.25) is 0 Å². The fourth-order valence-electron chi connectivity index (χ4n) is 3.17. The molecule has 29 heavy (non-hydrogen) atoms. The van der Waals surface area contributed by atoms with E-state index in [4.69, 9.17) is 9.47 Å². The van der Waals surface area contributed by atoms with Gasteiger partial charge in [-0.15, -0.1) is 0 Å². The Labute approximate surface area is 168 Å². The van der Waals surface area contributed by atoms with E-state index in [9.17, 15) is 13.2 Å². The van der Waals surface area contributed by atoms with Crippen molar-refractivity contribution in [2.75, 3.05) is 11.9 Å². The number of nitrogens with one attached hydrogen (secondary N) is 1. The van der Waals surface area contributed by atoms with Crippen LogP contribution in [-0.2, 0) is 6.18 Å². The molecule has 0 bridgehead atoms. The van der Waals surface area contributed by atoms with Crippen molar-refractivity contribution in [1.82, 2.24) is 9.97 Å². The summed E-state index contributed by atoms with van der Waals surface area (Å²) in [4.78, 5) is 7.72. The maximum Gasteiger partial charge on any atom is 0.423 e. The van der Waals surface area contributed by atoms with E-state index in [0.29, 0.717) is 12.1 Å². The van der Waals surface area contributed by atoms with Crippen LogP contribution in [0.15, 0.2) is 30.5 Å². The van der Waals surface area contributed by atoms with E-state index >= 15 is 0 Å². The first-order chi connectivity index (χ1) is 14.0. The van der Waals surface area contributed by atoms with Crippen LogP contribution in [0.25, 0.3) is 0 Å². The van der Waals surface area contributed by atoms with Crippen LogP contribution in [0.3, 0.4) is 0 Å². The highest BCUT2D eigenvalue weighted by Gasteiger charge is 2.36. The van der Waals surface area contributed by atoms with Gasteiger partial charge in [0.05, 0.1) is 12.7 Å². The zero-order valence-electron chi connectivity index (χ0n) is 16.5. The highest BCUT2D eigenvalue weighted by Crippen LogP contribution is 2.35. The second-order valence-electron chi connectivity index (χ2n) is 7.14. The third kappa shape index (κ3) is 6.24. The average molecular weight is 409 g/mol. The summed E-state index contributed by atoms with van der Waals surface area (Å²) in [5, 5.41) is 2.92. The molecule has 158 valence electrons. The van der Waals surface area contributed by atoms with Gasteiger partial charge in [-0.1, -0.05) is 19.8 Å². The summed E-state index contributed by atoms with van der Waals surface area (Å²) in [5.74, 6) is 0.366. The van der Waals surface area contributed by atoms with Crippen molar-refractivity contribution in [1.29, 1.82) is 0 Å². The molecule has 0 amide bonds. The average Bonchev–Trinajstić information content (AvgIpc) is 2.70. The molecular formula is C21H26F3N3O2. The zero-order chi connectivity index (χ0) is 20.7. The molecular weight excluding hydrogens is 383 g/mol. The molecule has 0 atom stereocenters. The van der Waals surface area contributed by atoms with Crippen molar-refractivity contribution in [2.45, 2.75) is 64.1 Å². The molecule has 1 aliphatic carbocycles. The molecule has 0 aliphatic heterocycles. The van der Waals surface area contributed by atoms with E-state index in [0.717, 1.165) is 31.2 Å². The third-order valence-electron chi connectivity index (χ3n) is 4.76. The first-order valence-electron chi connectivity index (χ1n) is 10.1. The number of aromatic nitrogens is 2. The first kappa shape index (κ1) is 21.2. The van der Waals surface area contributed by atoms with Crippen LogP contribution in [0, 0.1) is 0 Å². The lowest BCUT2D eigenvalue weighted by molar-refractivity contribution is -0.139. The summed E-state index contributed by atoms with van der Waals surface area (Å²) in [6.45, 7) is 2.10. The Balaban J connectivity index is 1.67. The quantitative estimate of drug-likeness (QED) is 0.532. The number of rotatable bonds is 8. The summed E-state index contributed by atoms with van der Waals surface area (Å²) in [6.07, 6.45) is 3.68. The number of hydrogen-bond acceptors (Lipinski definition) is 5. The zero-order valence-corrected chi connectivity index (χ0v) is 16.5. The van der Waals surface area contributed by atoms with E-state index < -0.39 is 17.6 Å². The molecule has 1 aromatic heterocycles. The first-order valence-corrected chi connectivity index (χ1v) is 10.1. The molecule has 3 rings (SSSR count). The maximum absolute atomic E-state index is 13.2. The van der Waals surface area contributed by atoms with Gasteiger partial charge in [0.25, 0.3) is 0 Å². The number of halogens is 3. The van der Waals surface area contributed by atoms with E-state index in [1.807, 2.05) is 19.1 Å². The molecule has 1 heterocycles. The molecule has 8 heteroatoms. The smallest absolute Gasteiger partial charge is 0.423 e. The van der Waals surface area contributed by atoms with Gasteiger partial charge in [0, 0.05) is 11.9 Å². The molecule has 0 unspecified atom stereocenters. The summed E-state index contributed by atoms with van der Waals surface area (Å²) in [5.41, 5.74) is -0.323. The van der Waals surface area contributed by atoms with E-state index in [2.05, 4.69) is 15.3 Å². The SMILES string of the molecule is CCCCOc1nc(Nc2ccc(OC3CCCCC3)cc2)ncc1C(F)(F)F. The minimum atomic E-state index is -4.57. The highest BCUT2D eigenvalue weighted by molar-refractivity contribution is 5.55. The fraction of sp³-hybridized carbons (Fsp3) is 0.524. The fourth-order valence-corrected chi connectivity index (χ4v) is 3.17. The minimum Gasteiger partial charge on any atom is -0.490 e. The number of alkyl halides is 3. The van der Waals surface area contributed by atoms with Gasteiger partial charge in [-0.25, -0.2) is 4.98 Å². The molecule has 1 N–H and O–H groups in total. The Kier molecular flexibility index (Phi) is 7.17. The molecule has 1 fully saturated rings. The minimum absolute atomic E-state index is 0.0467. The van der Waals surface area contributed by atoms with Crippen molar-refractivity contribution < 1.29 is 22.6 Å². The summed E-state index contributed by atoms with van der Waals surface area (Å²) in [6, 6.07) is 7.24. The van der Waals surface area contributed by atoms with Crippen LogP contribution in [-0.4, -0.2) is 22.7 Å². The number of ether oxygens (including phenoxy) is 2. The number of benzene rings is 1. The van der Waals surface area contributed by atoms with E-state index in [1.165, 1.54) is 19.3 Å². The van der Waals surface area contributed by atoms with Gasteiger partial charge in [0.15, 0.2) is 0 Å². The van der Waals surface area contributed by atoms with Crippen molar-refractivity contribution in [3.8, 4) is 11.6 Å². The highest BCUT2D eigenvalue weighted by atomic mass is 19.4. The number of hydrogen-bond donors (Lipinski definition) is 1. The lowest BCUT2D eigenvalue weighted by Crippen LogP contribution is -2.19. The predicted octanol–water partition coefficient (Wildman–Crippen LogP) is 6.13. The monoisotopic (exact) mass is 409 g/mol. The van der Waals surface area contributed by atoms with Crippen molar-refractivity contribution in [3.63, 3.8) is 0 Å². The largest absolute Gasteiger partial charge is 0.490 e. The second kappa shape index (κ2) is 9.80. The van der Waals surface area contributed by atoms with Crippen LogP contribution in [0.2, 0.25) is 0 Å².